The van der Waals surface area contributed by atoms with Gasteiger partial charge in [-0.05, 0) is 37.5 Å². The molecule has 0 amide bonds. The third-order valence-corrected chi connectivity index (χ3v) is 4.22. The Morgan fingerprint density at radius 3 is 2.69 bits per heavy atom. The van der Waals surface area contributed by atoms with E-state index in [4.69, 9.17) is 0 Å². The molecule has 0 spiro atoms. The van der Waals surface area contributed by atoms with Gasteiger partial charge in [0.15, 0.2) is 0 Å². The minimum Gasteiger partial charge on any atom is -0.0995 e. The molecule has 2 rings (SSSR count). The summed E-state index contributed by atoms with van der Waals surface area (Å²) >= 11 is 0. The molecule has 2 aliphatic carbocycles. The smallest absolute Gasteiger partial charge is 0.000186 e. The van der Waals surface area contributed by atoms with Gasteiger partial charge < -0.3 is 0 Å². The van der Waals surface area contributed by atoms with Crippen LogP contribution in [0.25, 0.3) is 0 Å². The molecule has 0 nitrogen and oxygen atoms in total. The van der Waals surface area contributed by atoms with E-state index in [0.29, 0.717) is 11.3 Å². The molecule has 0 bridgehead atoms. The largest absolute Gasteiger partial charge is 0.0995 e. The van der Waals surface area contributed by atoms with Gasteiger partial charge in [-0.15, -0.1) is 0 Å². The Kier molecular flexibility index (Phi) is 1.74. The van der Waals surface area contributed by atoms with Crippen LogP contribution in [0.15, 0.2) is 23.8 Å². The summed E-state index contributed by atoms with van der Waals surface area (Å²) in [4.78, 5) is 0. The van der Waals surface area contributed by atoms with Crippen molar-refractivity contribution in [2.24, 2.45) is 23.2 Å². The minimum absolute atomic E-state index is 0.575. The Hall–Kier alpha value is -0.520. The second-order valence-electron chi connectivity index (χ2n) is 5.50. The van der Waals surface area contributed by atoms with Gasteiger partial charge in [0.05, 0.1) is 0 Å². The lowest BCUT2D eigenvalue weighted by molar-refractivity contribution is 0.486. The molecular weight excluding hydrogens is 156 g/mol. The van der Waals surface area contributed by atoms with E-state index < -0.39 is 0 Å². The van der Waals surface area contributed by atoms with Gasteiger partial charge in [0.2, 0.25) is 0 Å². The van der Waals surface area contributed by atoms with E-state index in [1.54, 1.807) is 5.57 Å². The van der Waals surface area contributed by atoms with Crippen molar-refractivity contribution < 1.29 is 0 Å². The molecule has 1 fully saturated rings. The van der Waals surface area contributed by atoms with Gasteiger partial charge in [-0.25, -0.2) is 0 Å². The zero-order chi connectivity index (χ0) is 9.80. The average Bonchev–Trinajstić information content (AvgIpc) is 2.52. The highest BCUT2D eigenvalue weighted by Crippen LogP contribution is 2.65. The van der Waals surface area contributed by atoms with Gasteiger partial charge in [-0.2, -0.15) is 0 Å². The average molecular weight is 176 g/mol. The molecule has 13 heavy (non-hydrogen) atoms. The van der Waals surface area contributed by atoms with E-state index in [9.17, 15) is 0 Å². The summed E-state index contributed by atoms with van der Waals surface area (Å²) in [6, 6.07) is 0. The molecule has 0 aromatic carbocycles. The molecule has 0 N–H and O–H groups in total. The second-order valence-corrected chi connectivity index (χ2v) is 5.50. The van der Waals surface area contributed by atoms with Crippen LogP contribution in [0.1, 0.15) is 34.1 Å². The molecule has 0 aliphatic heterocycles. The van der Waals surface area contributed by atoms with E-state index in [-0.39, 0.29) is 0 Å². The van der Waals surface area contributed by atoms with Crippen LogP contribution >= 0.6 is 0 Å². The molecule has 2 aliphatic rings. The molecule has 0 radical (unpaired) electrons. The maximum absolute atomic E-state index is 4.09. The Labute approximate surface area is 81.7 Å². The van der Waals surface area contributed by atoms with Crippen LogP contribution in [-0.2, 0) is 0 Å². The molecule has 1 saturated carbocycles. The van der Waals surface area contributed by atoms with E-state index in [1.807, 2.05) is 0 Å². The number of fused-ring (bicyclic) bond motifs is 1. The molecule has 3 atom stereocenters. The summed E-state index contributed by atoms with van der Waals surface area (Å²) in [5.74, 6) is 2.46. The molecule has 0 aromatic rings. The Balaban J connectivity index is 2.21. The van der Waals surface area contributed by atoms with Crippen LogP contribution in [-0.4, -0.2) is 0 Å². The van der Waals surface area contributed by atoms with Crippen molar-refractivity contribution >= 4 is 0 Å². The van der Waals surface area contributed by atoms with E-state index in [0.717, 1.165) is 11.8 Å². The molecule has 0 aromatic heterocycles. The maximum Gasteiger partial charge on any atom is 0.000186 e. The van der Waals surface area contributed by atoms with Gasteiger partial charge in [0.1, 0.15) is 0 Å². The van der Waals surface area contributed by atoms with Crippen LogP contribution in [0.2, 0.25) is 0 Å². The van der Waals surface area contributed by atoms with Gasteiger partial charge >= 0.3 is 0 Å². The highest BCUT2D eigenvalue weighted by Gasteiger charge is 2.58. The quantitative estimate of drug-likeness (QED) is 0.533. The predicted molar refractivity (Wildman–Crippen MR) is 57.4 cm³/mol. The minimum atomic E-state index is 0.575. The van der Waals surface area contributed by atoms with Crippen molar-refractivity contribution in [3.8, 4) is 0 Å². The van der Waals surface area contributed by atoms with E-state index >= 15 is 0 Å². The molecule has 3 unspecified atom stereocenters. The normalized spacial score (nSPS) is 40.6. The molecule has 72 valence electrons. The summed E-state index contributed by atoms with van der Waals surface area (Å²) in [5.41, 5.74) is 3.47. The molecule has 0 heterocycles. The number of rotatable bonds is 1. The predicted octanol–water partition coefficient (Wildman–Crippen LogP) is 3.80. The first-order valence-corrected chi connectivity index (χ1v) is 5.28. The number of hydrogen-bond donors (Lipinski definition) is 0. The lowest BCUT2D eigenvalue weighted by atomic mass is 9.84. The standard InChI is InChI=1S/C13H20/c1-8(2)10-7-12-11(6-9(10)3)13(12,4)5/h6,10-12H,1,7H2,2-5H3. The Morgan fingerprint density at radius 2 is 2.15 bits per heavy atom. The van der Waals surface area contributed by atoms with Gasteiger partial charge in [0, 0.05) is 5.92 Å². The van der Waals surface area contributed by atoms with Crippen molar-refractivity contribution in [1.29, 1.82) is 0 Å². The monoisotopic (exact) mass is 176 g/mol. The highest BCUT2D eigenvalue weighted by molar-refractivity contribution is 5.29. The Bertz CT molecular complexity index is 280. The maximum atomic E-state index is 4.09. The fourth-order valence-electron chi connectivity index (χ4n) is 3.00. The van der Waals surface area contributed by atoms with Crippen molar-refractivity contribution in [2.75, 3.05) is 0 Å². The van der Waals surface area contributed by atoms with Crippen LogP contribution in [0, 0.1) is 23.2 Å². The summed E-state index contributed by atoms with van der Waals surface area (Å²) in [6.45, 7) is 13.3. The first kappa shape index (κ1) is 9.05. The highest BCUT2D eigenvalue weighted by atomic mass is 14.6. The fourth-order valence-corrected chi connectivity index (χ4v) is 3.00. The van der Waals surface area contributed by atoms with Gasteiger partial charge in [-0.1, -0.05) is 37.6 Å². The van der Waals surface area contributed by atoms with Crippen LogP contribution in [0.3, 0.4) is 0 Å². The third kappa shape index (κ3) is 1.19. The van der Waals surface area contributed by atoms with Gasteiger partial charge in [-0.3, -0.25) is 0 Å². The van der Waals surface area contributed by atoms with Crippen LogP contribution in [0.5, 0.6) is 0 Å². The van der Waals surface area contributed by atoms with E-state index in [2.05, 4.69) is 40.3 Å². The van der Waals surface area contributed by atoms with Gasteiger partial charge in [0.25, 0.3) is 0 Å². The van der Waals surface area contributed by atoms with Crippen LogP contribution in [0.4, 0.5) is 0 Å². The van der Waals surface area contributed by atoms with Crippen molar-refractivity contribution in [1.82, 2.24) is 0 Å². The van der Waals surface area contributed by atoms with E-state index in [1.165, 1.54) is 12.0 Å². The van der Waals surface area contributed by atoms with Crippen molar-refractivity contribution in [2.45, 2.75) is 34.1 Å². The van der Waals surface area contributed by atoms with Crippen molar-refractivity contribution in [3.63, 3.8) is 0 Å². The molecule has 0 heteroatoms. The zero-order valence-electron chi connectivity index (χ0n) is 9.22. The fraction of sp³-hybridized carbons (Fsp3) is 0.692. The summed E-state index contributed by atoms with van der Waals surface area (Å²) < 4.78 is 0. The lowest BCUT2D eigenvalue weighted by Gasteiger charge is -2.21. The number of hydrogen-bond acceptors (Lipinski definition) is 0. The topological polar surface area (TPSA) is 0 Å². The summed E-state index contributed by atoms with van der Waals surface area (Å²) in [6.07, 6.45) is 3.84. The lowest BCUT2D eigenvalue weighted by Crippen LogP contribution is -2.09. The number of allylic oxidation sites excluding steroid dienone is 3. The first-order valence-electron chi connectivity index (χ1n) is 5.28. The Morgan fingerprint density at radius 1 is 1.54 bits per heavy atom. The first-order chi connectivity index (χ1) is 5.94. The zero-order valence-corrected chi connectivity index (χ0v) is 9.22. The third-order valence-electron chi connectivity index (χ3n) is 4.22. The second kappa shape index (κ2) is 2.50. The summed E-state index contributed by atoms with van der Waals surface area (Å²) in [7, 11) is 0. The molecular formula is C13H20. The molecule has 0 saturated heterocycles. The summed E-state index contributed by atoms with van der Waals surface area (Å²) in [5, 5.41) is 0. The van der Waals surface area contributed by atoms with Crippen LogP contribution < -0.4 is 0 Å². The SMILES string of the molecule is C=C(C)C1CC2C(C=C1C)C2(C)C. The van der Waals surface area contributed by atoms with Crippen molar-refractivity contribution in [3.05, 3.63) is 23.8 Å².